The van der Waals surface area contributed by atoms with Gasteiger partial charge in [0.25, 0.3) is 11.8 Å². The van der Waals surface area contributed by atoms with Crippen molar-refractivity contribution in [1.82, 2.24) is 15.6 Å². The number of rotatable bonds is 5. The number of ether oxygens (including phenoxy) is 1. The number of nitrogens with zero attached hydrogens (tertiary/aromatic N) is 1. The average molecular weight is 298 g/mol. The topological polar surface area (TPSA) is 96.7 Å². The number of hydrogen-bond acceptors (Lipinski definition) is 6. The van der Waals surface area contributed by atoms with E-state index in [1.54, 1.807) is 12.1 Å². The fourth-order valence-electron chi connectivity index (χ4n) is 1.89. The minimum absolute atomic E-state index is 0.167. The first-order chi connectivity index (χ1) is 9.70. The molecule has 110 valence electrons. The van der Waals surface area contributed by atoms with Crippen molar-refractivity contribution < 1.29 is 14.3 Å². The van der Waals surface area contributed by atoms with Gasteiger partial charge in [0.2, 0.25) is 0 Å². The monoisotopic (exact) mass is 298 g/mol. The van der Waals surface area contributed by atoms with Crippen molar-refractivity contribution in [1.29, 1.82) is 0 Å². The van der Waals surface area contributed by atoms with E-state index < -0.39 is 0 Å². The quantitative estimate of drug-likeness (QED) is 0.384. The predicted octanol–water partition coefficient (Wildman–Crippen LogP) is -0.586. The number of carbonyl (C=O) groups is 2. The third-order valence-corrected chi connectivity index (χ3v) is 4.08. The molecule has 2 heterocycles. The Morgan fingerprint density at radius 1 is 1.25 bits per heavy atom. The van der Waals surface area contributed by atoms with Crippen LogP contribution in [0.15, 0.2) is 12.1 Å². The van der Waals surface area contributed by atoms with Crippen molar-refractivity contribution in [2.45, 2.75) is 0 Å². The number of thiophene rings is 1. The van der Waals surface area contributed by atoms with Crippen molar-refractivity contribution in [3.05, 3.63) is 21.9 Å². The smallest absolute Gasteiger partial charge is 0.275 e. The summed E-state index contributed by atoms with van der Waals surface area (Å²) in [6, 6.07) is 3.21. The summed E-state index contributed by atoms with van der Waals surface area (Å²) < 4.78 is 5.26. The molecule has 2 rings (SSSR count). The Balaban J connectivity index is 1.76. The van der Waals surface area contributed by atoms with Gasteiger partial charge in [0, 0.05) is 26.2 Å². The molecule has 0 saturated carbocycles. The Bertz CT molecular complexity index is 471. The van der Waals surface area contributed by atoms with Crippen LogP contribution >= 0.6 is 11.3 Å². The van der Waals surface area contributed by atoms with Crippen molar-refractivity contribution in [3.8, 4) is 0 Å². The Morgan fingerprint density at radius 3 is 2.55 bits per heavy atom. The van der Waals surface area contributed by atoms with E-state index in [-0.39, 0.29) is 11.8 Å². The van der Waals surface area contributed by atoms with Crippen molar-refractivity contribution in [3.63, 3.8) is 0 Å². The molecule has 4 N–H and O–H groups in total. The number of hydrogen-bond donors (Lipinski definition) is 3. The summed E-state index contributed by atoms with van der Waals surface area (Å²) in [4.78, 5) is 26.4. The van der Waals surface area contributed by atoms with E-state index in [1.807, 2.05) is 5.43 Å². The Labute approximate surface area is 121 Å². The molecular weight excluding hydrogens is 280 g/mol. The van der Waals surface area contributed by atoms with Crippen LogP contribution in [-0.2, 0) is 4.74 Å². The molecule has 0 spiro atoms. The van der Waals surface area contributed by atoms with E-state index in [0.29, 0.717) is 16.3 Å². The van der Waals surface area contributed by atoms with Gasteiger partial charge in [0.15, 0.2) is 0 Å². The number of hydrazine groups is 1. The summed E-state index contributed by atoms with van der Waals surface area (Å²) in [5.74, 6) is 4.49. The maximum Gasteiger partial charge on any atom is 0.275 e. The van der Waals surface area contributed by atoms with Crippen molar-refractivity contribution in [2.24, 2.45) is 5.84 Å². The highest BCUT2D eigenvalue weighted by Crippen LogP contribution is 2.15. The van der Waals surface area contributed by atoms with Gasteiger partial charge in [-0.1, -0.05) is 0 Å². The van der Waals surface area contributed by atoms with Crippen LogP contribution in [0, 0.1) is 0 Å². The van der Waals surface area contributed by atoms with Gasteiger partial charge in [-0.05, 0) is 12.1 Å². The zero-order valence-corrected chi connectivity index (χ0v) is 11.9. The molecule has 7 nitrogen and oxygen atoms in total. The summed E-state index contributed by atoms with van der Waals surface area (Å²) in [6.45, 7) is 4.67. The number of carbonyl (C=O) groups excluding carboxylic acids is 2. The third kappa shape index (κ3) is 4.01. The van der Waals surface area contributed by atoms with E-state index in [4.69, 9.17) is 10.6 Å². The molecule has 20 heavy (non-hydrogen) atoms. The SMILES string of the molecule is NNC(=O)c1ccc(C(=O)NCCN2CCOCC2)s1. The molecule has 1 saturated heterocycles. The summed E-state index contributed by atoms with van der Waals surface area (Å²) in [6.07, 6.45) is 0. The average Bonchev–Trinajstić information content (AvgIpc) is 2.97. The summed E-state index contributed by atoms with van der Waals surface area (Å²) in [5, 5.41) is 2.84. The largest absolute Gasteiger partial charge is 0.379 e. The first kappa shape index (κ1) is 14.9. The molecule has 0 radical (unpaired) electrons. The maximum atomic E-state index is 11.9. The lowest BCUT2D eigenvalue weighted by Gasteiger charge is -2.26. The molecule has 1 aliphatic rings. The van der Waals surface area contributed by atoms with Gasteiger partial charge in [-0.15, -0.1) is 11.3 Å². The van der Waals surface area contributed by atoms with Crippen molar-refractivity contribution in [2.75, 3.05) is 39.4 Å². The van der Waals surface area contributed by atoms with E-state index in [9.17, 15) is 9.59 Å². The molecule has 1 aliphatic heterocycles. The fraction of sp³-hybridized carbons (Fsp3) is 0.500. The number of nitrogens with two attached hydrogens (primary N) is 1. The van der Waals surface area contributed by atoms with Crippen LogP contribution in [0.2, 0.25) is 0 Å². The zero-order chi connectivity index (χ0) is 14.4. The number of amides is 2. The molecule has 8 heteroatoms. The van der Waals surface area contributed by atoms with Gasteiger partial charge in [-0.25, -0.2) is 5.84 Å². The minimum atomic E-state index is -0.387. The van der Waals surface area contributed by atoms with Crippen LogP contribution in [0.4, 0.5) is 0 Å². The van der Waals surface area contributed by atoms with E-state index in [1.165, 1.54) is 0 Å². The van der Waals surface area contributed by atoms with Gasteiger partial charge in [0.05, 0.1) is 23.0 Å². The van der Waals surface area contributed by atoms with Crippen LogP contribution in [0.1, 0.15) is 19.3 Å². The molecular formula is C12H18N4O3S. The molecule has 0 atom stereocenters. The molecule has 0 aromatic carbocycles. The van der Waals surface area contributed by atoms with E-state index in [2.05, 4.69) is 10.2 Å². The van der Waals surface area contributed by atoms with Crippen LogP contribution in [0.25, 0.3) is 0 Å². The van der Waals surface area contributed by atoms with E-state index in [0.717, 1.165) is 44.2 Å². The molecule has 1 fully saturated rings. The summed E-state index contributed by atoms with van der Waals surface area (Å²) >= 11 is 1.12. The van der Waals surface area contributed by atoms with Crippen LogP contribution in [0.3, 0.4) is 0 Å². The first-order valence-corrected chi connectivity index (χ1v) is 7.21. The molecule has 0 unspecified atom stereocenters. The van der Waals surface area contributed by atoms with E-state index >= 15 is 0 Å². The Morgan fingerprint density at radius 2 is 1.90 bits per heavy atom. The normalized spacial score (nSPS) is 15.8. The lowest BCUT2D eigenvalue weighted by molar-refractivity contribution is 0.0383. The zero-order valence-electron chi connectivity index (χ0n) is 11.1. The lowest BCUT2D eigenvalue weighted by Crippen LogP contribution is -2.41. The highest BCUT2D eigenvalue weighted by Gasteiger charge is 2.14. The summed E-state index contributed by atoms with van der Waals surface area (Å²) in [5.41, 5.74) is 2.04. The van der Waals surface area contributed by atoms with Crippen molar-refractivity contribution >= 4 is 23.2 Å². The maximum absolute atomic E-state index is 11.9. The van der Waals surface area contributed by atoms with Gasteiger partial charge < -0.3 is 10.1 Å². The number of nitrogen functional groups attached to an aromatic ring is 1. The molecule has 1 aromatic rings. The second kappa shape index (κ2) is 7.34. The lowest BCUT2D eigenvalue weighted by atomic mass is 10.4. The molecule has 1 aromatic heterocycles. The van der Waals surface area contributed by atoms with Crippen LogP contribution in [0.5, 0.6) is 0 Å². The minimum Gasteiger partial charge on any atom is -0.379 e. The molecule has 0 bridgehead atoms. The third-order valence-electron chi connectivity index (χ3n) is 3.00. The van der Waals surface area contributed by atoms with Crippen LogP contribution in [-0.4, -0.2) is 56.1 Å². The predicted molar refractivity (Wildman–Crippen MR) is 75.6 cm³/mol. The van der Waals surface area contributed by atoms with Gasteiger partial charge in [0.1, 0.15) is 0 Å². The first-order valence-electron chi connectivity index (χ1n) is 6.40. The van der Waals surface area contributed by atoms with Gasteiger partial charge >= 0.3 is 0 Å². The molecule has 0 aliphatic carbocycles. The highest BCUT2D eigenvalue weighted by atomic mass is 32.1. The number of nitrogens with one attached hydrogen (secondary N) is 2. The standard InChI is InChI=1S/C12H18N4O3S/c13-15-12(18)10-2-1-9(20-10)11(17)14-3-4-16-5-7-19-8-6-16/h1-2H,3-8,13H2,(H,14,17)(H,15,18). The van der Waals surface area contributed by atoms with Crippen LogP contribution < -0.4 is 16.6 Å². The number of morpholine rings is 1. The van der Waals surface area contributed by atoms with Gasteiger partial charge in [-0.3, -0.25) is 19.9 Å². The second-order valence-electron chi connectivity index (χ2n) is 4.35. The molecule has 2 amide bonds. The second-order valence-corrected chi connectivity index (χ2v) is 5.43. The highest BCUT2D eigenvalue weighted by molar-refractivity contribution is 7.15. The fourth-order valence-corrected chi connectivity index (χ4v) is 2.72. The Kier molecular flexibility index (Phi) is 5.48. The summed E-state index contributed by atoms with van der Waals surface area (Å²) in [7, 11) is 0. The van der Waals surface area contributed by atoms with Gasteiger partial charge in [-0.2, -0.15) is 0 Å². The Hall–Kier alpha value is -1.48.